The molecule has 2 amide bonds. The predicted octanol–water partition coefficient (Wildman–Crippen LogP) is 1.00. The first-order valence-electron chi connectivity index (χ1n) is 9.03. The number of aryl methyl sites for hydroxylation is 1. The fourth-order valence-electron chi connectivity index (χ4n) is 3.48. The number of benzene rings is 1. The lowest BCUT2D eigenvalue weighted by molar-refractivity contribution is -0.141. The minimum atomic E-state index is -0.144. The maximum absolute atomic E-state index is 12.6. The standard InChI is InChI=1S/C19H27N3O3/c1-15-4-3-5-17(14-15)19(24)21-8-6-20(7-9-21)16(2)18(23)22-10-12-25-13-11-22/h3-5,14,16H,6-13H2,1-2H3/t16-/m1/s1. The number of ether oxygens (including phenoxy) is 1. The van der Waals surface area contributed by atoms with E-state index < -0.39 is 0 Å². The summed E-state index contributed by atoms with van der Waals surface area (Å²) in [5.74, 6) is 0.247. The Balaban J connectivity index is 1.54. The van der Waals surface area contributed by atoms with Crippen molar-refractivity contribution >= 4 is 11.8 Å². The van der Waals surface area contributed by atoms with Crippen LogP contribution in [0.15, 0.2) is 24.3 Å². The average molecular weight is 345 g/mol. The number of morpholine rings is 1. The van der Waals surface area contributed by atoms with Gasteiger partial charge in [-0.3, -0.25) is 14.5 Å². The van der Waals surface area contributed by atoms with E-state index in [1.165, 1.54) is 0 Å². The molecular weight excluding hydrogens is 318 g/mol. The van der Waals surface area contributed by atoms with Crippen molar-refractivity contribution in [2.75, 3.05) is 52.5 Å². The van der Waals surface area contributed by atoms with Crippen molar-refractivity contribution < 1.29 is 14.3 Å². The van der Waals surface area contributed by atoms with E-state index in [0.717, 1.165) is 24.2 Å². The highest BCUT2D eigenvalue weighted by atomic mass is 16.5. The van der Waals surface area contributed by atoms with E-state index in [4.69, 9.17) is 4.74 Å². The van der Waals surface area contributed by atoms with E-state index in [2.05, 4.69) is 4.90 Å². The first kappa shape index (κ1) is 17.9. The zero-order valence-electron chi connectivity index (χ0n) is 15.1. The summed E-state index contributed by atoms with van der Waals surface area (Å²) in [6, 6.07) is 7.57. The van der Waals surface area contributed by atoms with Crippen LogP contribution in [0, 0.1) is 6.92 Å². The second-order valence-corrected chi connectivity index (χ2v) is 6.81. The Bertz CT molecular complexity index is 620. The van der Waals surface area contributed by atoms with Crippen LogP contribution in [0.1, 0.15) is 22.8 Å². The maximum atomic E-state index is 12.6. The molecule has 0 bridgehead atoms. The van der Waals surface area contributed by atoms with Gasteiger partial charge in [-0.15, -0.1) is 0 Å². The van der Waals surface area contributed by atoms with Gasteiger partial charge in [0, 0.05) is 44.8 Å². The molecule has 6 nitrogen and oxygen atoms in total. The molecular formula is C19H27N3O3. The van der Waals surface area contributed by atoms with Crippen molar-refractivity contribution in [1.82, 2.24) is 14.7 Å². The summed E-state index contributed by atoms with van der Waals surface area (Å²) in [5, 5.41) is 0. The average Bonchev–Trinajstić information content (AvgIpc) is 2.67. The minimum absolute atomic E-state index is 0.0792. The highest BCUT2D eigenvalue weighted by Crippen LogP contribution is 2.14. The van der Waals surface area contributed by atoms with Gasteiger partial charge in [0.25, 0.3) is 5.91 Å². The third-order valence-electron chi connectivity index (χ3n) is 5.09. The first-order chi connectivity index (χ1) is 12.1. The molecule has 2 aliphatic rings. The van der Waals surface area contributed by atoms with Crippen molar-refractivity contribution in [3.63, 3.8) is 0 Å². The molecule has 6 heteroatoms. The van der Waals surface area contributed by atoms with Gasteiger partial charge in [-0.25, -0.2) is 0 Å². The fourth-order valence-corrected chi connectivity index (χ4v) is 3.48. The van der Waals surface area contributed by atoms with Crippen molar-refractivity contribution in [3.05, 3.63) is 35.4 Å². The lowest BCUT2D eigenvalue weighted by atomic mass is 10.1. The van der Waals surface area contributed by atoms with Gasteiger partial charge in [-0.1, -0.05) is 17.7 Å². The molecule has 2 saturated heterocycles. The normalized spacial score (nSPS) is 20.4. The Labute approximate surface area is 149 Å². The molecule has 3 rings (SSSR count). The first-order valence-corrected chi connectivity index (χ1v) is 9.03. The van der Waals surface area contributed by atoms with Gasteiger partial charge < -0.3 is 14.5 Å². The number of amides is 2. The Morgan fingerprint density at radius 1 is 1.00 bits per heavy atom. The van der Waals surface area contributed by atoms with E-state index in [1.807, 2.05) is 47.9 Å². The highest BCUT2D eigenvalue weighted by molar-refractivity contribution is 5.94. The van der Waals surface area contributed by atoms with Gasteiger partial charge in [0.2, 0.25) is 5.91 Å². The summed E-state index contributed by atoms with van der Waals surface area (Å²) in [7, 11) is 0. The quantitative estimate of drug-likeness (QED) is 0.820. The second kappa shape index (κ2) is 7.97. The zero-order valence-corrected chi connectivity index (χ0v) is 15.1. The topological polar surface area (TPSA) is 53.1 Å². The summed E-state index contributed by atoms with van der Waals surface area (Å²) in [4.78, 5) is 31.2. The van der Waals surface area contributed by atoms with Crippen LogP contribution < -0.4 is 0 Å². The maximum Gasteiger partial charge on any atom is 0.253 e. The molecule has 0 aromatic heterocycles. The summed E-state index contributed by atoms with van der Waals surface area (Å²) < 4.78 is 5.31. The van der Waals surface area contributed by atoms with Gasteiger partial charge in [0.15, 0.2) is 0 Å². The molecule has 0 N–H and O–H groups in total. The highest BCUT2D eigenvalue weighted by Gasteiger charge is 2.30. The molecule has 1 aromatic carbocycles. The van der Waals surface area contributed by atoms with Gasteiger partial charge in [0.05, 0.1) is 19.3 Å². The van der Waals surface area contributed by atoms with Crippen LogP contribution in [0.5, 0.6) is 0 Å². The van der Waals surface area contributed by atoms with Crippen molar-refractivity contribution in [2.45, 2.75) is 19.9 Å². The number of rotatable bonds is 3. The van der Waals surface area contributed by atoms with E-state index >= 15 is 0 Å². The lowest BCUT2D eigenvalue weighted by Gasteiger charge is -2.39. The molecule has 0 aliphatic carbocycles. The molecule has 25 heavy (non-hydrogen) atoms. The van der Waals surface area contributed by atoms with Gasteiger partial charge in [-0.2, -0.15) is 0 Å². The monoisotopic (exact) mass is 345 g/mol. The lowest BCUT2D eigenvalue weighted by Crippen LogP contribution is -2.56. The van der Waals surface area contributed by atoms with Crippen molar-refractivity contribution in [1.29, 1.82) is 0 Å². The van der Waals surface area contributed by atoms with Gasteiger partial charge in [-0.05, 0) is 26.0 Å². The number of hydrogen-bond donors (Lipinski definition) is 0. The smallest absolute Gasteiger partial charge is 0.253 e. The molecule has 0 spiro atoms. The molecule has 2 fully saturated rings. The Morgan fingerprint density at radius 2 is 1.68 bits per heavy atom. The van der Waals surface area contributed by atoms with Crippen molar-refractivity contribution in [2.24, 2.45) is 0 Å². The van der Waals surface area contributed by atoms with Crippen LogP contribution in [0.2, 0.25) is 0 Å². The van der Waals surface area contributed by atoms with Crippen molar-refractivity contribution in [3.8, 4) is 0 Å². The summed E-state index contributed by atoms with van der Waals surface area (Å²) in [5.41, 5.74) is 1.83. The largest absolute Gasteiger partial charge is 0.378 e. The van der Waals surface area contributed by atoms with E-state index in [0.29, 0.717) is 39.4 Å². The number of hydrogen-bond acceptors (Lipinski definition) is 4. The molecule has 0 saturated carbocycles. The number of piperazine rings is 1. The van der Waals surface area contributed by atoms with Crippen LogP contribution in [0.25, 0.3) is 0 Å². The van der Waals surface area contributed by atoms with Crippen LogP contribution in [0.4, 0.5) is 0 Å². The van der Waals surface area contributed by atoms with Crippen LogP contribution in [-0.4, -0.2) is 85.0 Å². The predicted molar refractivity (Wildman–Crippen MR) is 95.5 cm³/mol. The molecule has 136 valence electrons. The molecule has 0 unspecified atom stereocenters. The summed E-state index contributed by atoms with van der Waals surface area (Å²) in [6.07, 6.45) is 0. The summed E-state index contributed by atoms with van der Waals surface area (Å²) in [6.45, 7) is 9.34. The molecule has 1 atom stereocenters. The molecule has 2 aliphatic heterocycles. The van der Waals surface area contributed by atoms with Crippen LogP contribution in [0.3, 0.4) is 0 Å². The van der Waals surface area contributed by atoms with Crippen LogP contribution >= 0.6 is 0 Å². The number of carbonyl (C=O) groups excluding carboxylic acids is 2. The van der Waals surface area contributed by atoms with Crippen LogP contribution in [-0.2, 0) is 9.53 Å². The van der Waals surface area contributed by atoms with E-state index in [1.54, 1.807) is 0 Å². The second-order valence-electron chi connectivity index (χ2n) is 6.81. The van der Waals surface area contributed by atoms with E-state index in [9.17, 15) is 9.59 Å². The number of nitrogens with zero attached hydrogens (tertiary/aromatic N) is 3. The summed E-state index contributed by atoms with van der Waals surface area (Å²) >= 11 is 0. The molecule has 0 radical (unpaired) electrons. The van der Waals surface area contributed by atoms with Gasteiger partial charge >= 0.3 is 0 Å². The third-order valence-corrected chi connectivity index (χ3v) is 5.09. The Morgan fingerprint density at radius 3 is 2.32 bits per heavy atom. The van der Waals surface area contributed by atoms with Gasteiger partial charge in [0.1, 0.15) is 0 Å². The number of carbonyl (C=O) groups is 2. The third kappa shape index (κ3) is 4.19. The Hall–Kier alpha value is -1.92. The zero-order chi connectivity index (χ0) is 17.8. The van der Waals surface area contributed by atoms with E-state index in [-0.39, 0.29) is 17.9 Å². The molecule has 1 aromatic rings. The minimum Gasteiger partial charge on any atom is -0.378 e. The Kier molecular flexibility index (Phi) is 5.71. The molecule has 2 heterocycles. The SMILES string of the molecule is Cc1cccc(C(=O)N2CCN([C@H](C)C(=O)N3CCOCC3)CC2)c1. The fraction of sp³-hybridized carbons (Fsp3) is 0.579.